The average molecular weight is 638 g/mol. The van der Waals surface area contributed by atoms with Gasteiger partial charge in [0.05, 0.1) is 27.2 Å². The Labute approximate surface area is 230 Å². The van der Waals surface area contributed by atoms with E-state index in [-0.39, 0.29) is 5.56 Å². The van der Waals surface area contributed by atoms with E-state index in [1.54, 1.807) is 24.4 Å². The highest BCUT2D eigenvalue weighted by atomic mass is 79.9. The molecule has 1 aromatic heterocycles. The molecular weight excluding hydrogens is 617 g/mol. The van der Waals surface area contributed by atoms with Crippen LogP contribution in [0.3, 0.4) is 0 Å². The van der Waals surface area contributed by atoms with Crippen LogP contribution in [0.15, 0.2) is 73.4 Å². The molecule has 0 unspecified atom stereocenters. The van der Waals surface area contributed by atoms with Crippen LogP contribution in [0.5, 0.6) is 5.75 Å². The van der Waals surface area contributed by atoms with Crippen LogP contribution < -0.4 is 10.3 Å². The molecule has 3 aromatic carbocycles. The van der Waals surface area contributed by atoms with E-state index in [1.807, 2.05) is 57.2 Å². The van der Waals surface area contributed by atoms with Crippen molar-refractivity contribution in [2.75, 3.05) is 0 Å². The van der Waals surface area contributed by atoms with Crippen LogP contribution in [-0.4, -0.2) is 15.9 Å². The van der Waals surface area contributed by atoms with Crippen LogP contribution in [0, 0.1) is 0 Å². The van der Waals surface area contributed by atoms with E-state index in [1.165, 1.54) is 4.68 Å². The third kappa shape index (κ3) is 5.97. The zero-order valence-corrected chi connectivity index (χ0v) is 23.8. The fraction of sp³-hybridized carbons (Fsp3) is 0.192. The average Bonchev–Trinajstić information content (AvgIpc) is 2.78. The van der Waals surface area contributed by atoms with Gasteiger partial charge in [0.2, 0.25) is 0 Å². The van der Waals surface area contributed by atoms with Crippen molar-refractivity contribution >= 4 is 72.2 Å². The van der Waals surface area contributed by atoms with E-state index >= 15 is 0 Å². The molecule has 9 heteroatoms. The van der Waals surface area contributed by atoms with Crippen LogP contribution in [0.4, 0.5) is 0 Å². The number of rotatable bonds is 5. The molecule has 0 radical (unpaired) electrons. The summed E-state index contributed by atoms with van der Waals surface area (Å²) >= 11 is 19.8. The smallest absolute Gasteiger partial charge is 0.282 e. The molecule has 0 saturated heterocycles. The number of aromatic nitrogens is 2. The fourth-order valence-electron chi connectivity index (χ4n) is 3.39. The molecule has 4 rings (SSSR count). The molecule has 0 spiro atoms. The van der Waals surface area contributed by atoms with E-state index in [9.17, 15) is 4.79 Å². The van der Waals surface area contributed by atoms with Gasteiger partial charge < -0.3 is 4.74 Å². The Bertz CT molecular complexity index is 1470. The minimum atomic E-state index is -0.419. The van der Waals surface area contributed by atoms with Crippen molar-refractivity contribution in [2.45, 2.75) is 32.8 Å². The van der Waals surface area contributed by atoms with Gasteiger partial charge in [-0.2, -0.15) is 9.78 Å². The molecule has 0 atom stereocenters. The number of nitrogens with zero attached hydrogens (tertiary/aromatic N) is 3. The molecule has 0 saturated carbocycles. The van der Waals surface area contributed by atoms with Gasteiger partial charge in [0.1, 0.15) is 12.4 Å². The third-order valence-electron chi connectivity index (χ3n) is 5.12. The minimum Gasteiger partial charge on any atom is -0.486 e. The Hall–Kier alpha value is -2.19. The van der Waals surface area contributed by atoms with Crippen LogP contribution in [0.25, 0.3) is 10.9 Å². The molecule has 180 valence electrons. The van der Waals surface area contributed by atoms with Crippen LogP contribution in [0.2, 0.25) is 10.0 Å². The second-order valence-corrected chi connectivity index (χ2v) is 11.6. The highest BCUT2D eigenvalue weighted by molar-refractivity contribution is 9.10. The van der Waals surface area contributed by atoms with Crippen molar-refractivity contribution in [3.8, 4) is 5.75 Å². The van der Waals surface area contributed by atoms with Gasteiger partial charge in [0.25, 0.3) is 5.56 Å². The lowest BCUT2D eigenvalue weighted by molar-refractivity contribution is 0.306. The zero-order valence-electron chi connectivity index (χ0n) is 19.2. The summed E-state index contributed by atoms with van der Waals surface area (Å²) in [5.74, 6) is 0.929. The Balaban J connectivity index is 1.68. The Morgan fingerprint density at radius 3 is 2.26 bits per heavy atom. The highest BCUT2D eigenvalue weighted by Crippen LogP contribution is 2.34. The van der Waals surface area contributed by atoms with Crippen molar-refractivity contribution in [2.24, 2.45) is 5.10 Å². The van der Waals surface area contributed by atoms with Gasteiger partial charge in [-0.3, -0.25) is 4.79 Å². The van der Waals surface area contributed by atoms with Gasteiger partial charge in [-0.1, -0.05) is 88.0 Å². The summed E-state index contributed by atoms with van der Waals surface area (Å²) < 4.78 is 8.97. The highest BCUT2D eigenvalue weighted by Gasteiger charge is 2.23. The second kappa shape index (κ2) is 10.4. The lowest BCUT2D eigenvalue weighted by Crippen LogP contribution is -2.29. The van der Waals surface area contributed by atoms with Gasteiger partial charge in [0.15, 0.2) is 5.75 Å². The summed E-state index contributed by atoms with van der Waals surface area (Å²) in [6, 6.07) is 16.6. The van der Waals surface area contributed by atoms with E-state index in [2.05, 4.69) is 37.0 Å². The first kappa shape index (κ1) is 25.9. The van der Waals surface area contributed by atoms with Crippen LogP contribution in [-0.2, 0) is 12.0 Å². The summed E-state index contributed by atoms with van der Waals surface area (Å²) in [4.78, 5) is 18.0. The molecule has 1 heterocycles. The standard InChI is InChI=1S/C26H21Br2Cl2N3O2/c1-26(2,3)25-32-22-9-8-18(28)12-19(22)24(34)33(25)31-13-16-10-20(29)23(21(30)11-16)35-14-15-4-6-17(27)7-5-15/h4-13H,14H2,1-3H3. The van der Waals surface area contributed by atoms with Crippen molar-refractivity contribution in [1.82, 2.24) is 9.66 Å². The van der Waals surface area contributed by atoms with Crippen molar-refractivity contribution in [3.63, 3.8) is 0 Å². The summed E-state index contributed by atoms with van der Waals surface area (Å²) in [5.41, 5.74) is 1.54. The van der Waals surface area contributed by atoms with Gasteiger partial charge in [-0.15, -0.1) is 0 Å². The van der Waals surface area contributed by atoms with Gasteiger partial charge in [-0.25, -0.2) is 4.98 Å². The lowest BCUT2D eigenvalue weighted by atomic mass is 9.95. The molecule has 0 aliphatic heterocycles. The summed E-state index contributed by atoms with van der Waals surface area (Å²) in [7, 11) is 0. The largest absolute Gasteiger partial charge is 0.486 e. The Morgan fingerprint density at radius 1 is 1.00 bits per heavy atom. The normalized spacial score (nSPS) is 12.0. The molecule has 0 N–H and O–H groups in total. The number of halogens is 4. The lowest BCUT2D eigenvalue weighted by Gasteiger charge is -2.20. The first-order valence-electron chi connectivity index (χ1n) is 10.7. The first-order chi connectivity index (χ1) is 16.5. The molecule has 4 aromatic rings. The van der Waals surface area contributed by atoms with E-state index in [0.29, 0.717) is 44.7 Å². The van der Waals surface area contributed by atoms with E-state index < -0.39 is 5.41 Å². The molecule has 0 amide bonds. The van der Waals surface area contributed by atoms with Gasteiger partial charge in [-0.05, 0) is 53.6 Å². The van der Waals surface area contributed by atoms with Crippen molar-refractivity contribution in [3.05, 3.63) is 101 Å². The topological polar surface area (TPSA) is 56.5 Å². The predicted molar refractivity (Wildman–Crippen MR) is 150 cm³/mol. The van der Waals surface area contributed by atoms with Crippen molar-refractivity contribution in [1.29, 1.82) is 0 Å². The maximum Gasteiger partial charge on any atom is 0.282 e. The molecule has 5 nitrogen and oxygen atoms in total. The molecule has 0 bridgehead atoms. The zero-order chi connectivity index (χ0) is 25.3. The van der Waals surface area contributed by atoms with Gasteiger partial charge in [0, 0.05) is 14.4 Å². The summed E-state index contributed by atoms with van der Waals surface area (Å²) in [5, 5.41) is 5.64. The molecule has 0 aliphatic rings. The Kier molecular flexibility index (Phi) is 7.71. The van der Waals surface area contributed by atoms with Crippen molar-refractivity contribution < 1.29 is 4.74 Å². The third-order valence-corrected chi connectivity index (χ3v) is 6.70. The minimum absolute atomic E-state index is 0.260. The number of ether oxygens (including phenoxy) is 1. The number of hydrogen-bond donors (Lipinski definition) is 0. The van der Waals surface area contributed by atoms with Crippen LogP contribution >= 0.6 is 55.1 Å². The first-order valence-corrected chi connectivity index (χ1v) is 13.0. The number of hydrogen-bond acceptors (Lipinski definition) is 4. The molecule has 35 heavy (non-hydrogen) atoms. The quantitative estimate of drug-likeness (QED) is 0.209. The predicted octanol–water partition coefficient (Wildman–Crippen LogP) is 7.99. The SMILES string of the molecule is CC(C)(C)c1nc2ccc(Br)cc2c(=O)n1N=Cc1cc(Cl)c(OCc2ccc(Br)cc2)c(Cl)c1. The number of fused-ring (bicyclic) bond motifs is 1. The maximum absolute atomic E-state index is 13.3. The maximum atomic E-state index is 13.3. The van der Waals surface area contributed by atoms with Gasteiger partial charge >= 0.3 is 0 Å². The summed E-state index contributed by atoms with van der Waals surface area (Å²) in [6.07, 6.45) is 1.54. The van der Waals surface area contributed by atoms with E-state index in [0.717, 1.165) is 14.5 Å². The monoisotopic (exact) mass is 635 g/mol. The Morgan fingerprint density at radius 2 is 1.63 bits per heavy atom. The summed E-state index contributed by atoms with van der Waals surface area (Å²) in [6.45, 7) is 6.27. The van der Waals surface area contributed by atoms with E-state index in [4.69, 9.17) is 32.9 Å². The van der Waals surface area contributed by atoms with Crippen LogP contribution in [0.1, 0.15) is 37.7 Å². The molecule has 0 aliphatic carbocycles. The fourth-order valence-corrected chi connectivity index (χ4v) is 4.63. The molecule has 0 fully saturated rings. The second-order valence-electron chi connectivity index (χ2n) is 8.94. The number of benzene rings is 3. The molecular formula is C26H21Br2Cl2N3O2.